The molecular formula is C11H17N5O. The lowest BCUT2D eigenvalue weighted by atomic mass is 9.95. The minimum atomic E-state index is 0.337. The third-order valence-electron chi connectivity index (χ3n) is 3.65. The predicted octanol–water partition coefficient (Wildman–Crippen LogP) is 0.802. The summed E-state index contributed by atoms with van der Waals surface area (Å²) in [6.07, 6.45) is 5.70. The van der Waals surface area contributed by atoms with Gasteiger partial charge in [-0.05, 0) is 26.2 Å². The van der Waals surface area contributed by atoms with Crippen LogP contribution in [-0.2, 0) is 4.74 Å². The third kappa shape index (κ3) is 1.83. The number of nitrogen functional groups attached to an aromatic ring is 1. The van der Waals surface area contributed by atoms with Crippen molar-refractivity contribution in [2.24, 2.45) is 5.84 Å². The summed E-state index contributed by atoms with van der Waals surface area (Å²) < 4.78 is 5.81. The van der Waals surface area contributed by atoms with Crippen molar-refractivity contribution in [3.63, 3.8) is 0 Å². The fourth-order valence-corrected chi connectivity index (χ4v) is 2.71. The summed E-state index contributed by atoms with van der Waals surface area (Å²) >= 11 is 0. The van der Waals surface area contributed by atoms with E-state index in [1.807, 2.05) is 6.92 Å². The molecule has 3 heterocycles. The number of nitrogens with one attached hydrogen (secondary N) is 2. The molecule has 0 radical (unpaired) electrons. The largest absolute Gasteiger partial charge is 0.373 e. The van der Waals surface area contributed by atoms with Crippen LogP contribution in [-0.4, -0.2) is 28.2 Å². The number of nitrogens with two attached hydrogens (primary N) is 1. The summed E-state index contributed by atoms with van der Waals surface area (Å²) in [4.78, 5) is 8.32. The molecule has 0 aliphatic carbocycles. The second kappa shape index (κ2) is 4.12. The lowest BCUT2D eigenvalue weighted by Crippen LogP contribution is -2.31. The summed E-state index contributed by atoms with van der Waals surface area (Å²) in [6.45, 7) is 1.95. The average molecular weight is 235 g/mol. The molecule has 2 saturated heterocycles. The van der Waals surface area contributed by atoms with Crippen molar-refractivity contribution in [1.29, 1.82) is 0 Å². The van der Waals surface area contributed by atoms with Crippen LogP contribution in [0.4, 0.5) is 11.6 Å². The number of rotatable bonds is 3. The number of ether oxygens (including phenoxy) is 1. The van der Waals surface area contributed by atoms with Crippen molar-refractivity contribution in [3.8, 4) is 0 Å². The first-order valence-corrected chi connectivity index (χ1v) is 5.98. The van der Waals surface area contributed by atoms with Crippen molar-refractivity contribution in [3.05, 3.63) is 11.9 Å². The molecule has 6 nitrogen and oxygen atoms in total. The maximum atomic E-state index is 5.81. The fourth-order valence-electron chi connectivity index (χ4n) is 2.71. The maximum Gasteiger partial charge on any atom is 0.148 e. The van der Waals surface area contributed by atoms with E-state index < -0.39 is 0 Å². The Kier molecular flexibility index (Phi) is 2.60. The molecule has 17 heavy (non-hydrogen) atoms. The van der Waals surface area contributed by atoms with Gasteiger partial charge < -0.3 is 15.5 Å². The van der Waals surface area contributed by atoms with Gasteiger partial charge in [-0.15, -0.1) is 0 Å². The zero-order valence-electron chi connectivity index (χ0n) is 9.81. The van der Waals surface area contributed by atoms with E-state index in [0.717, 1.165) is 24.2 Å². The molecular weight excluding hydrogens is 218 g/mol. The van der Waals surface area contributed by atoms with E-state index in [1.54, 1.807) is 0 Å². The molecule has 0 spiro atoms. The van der Waals surface area contributed by atoms with Crippen LogP contribution in [0.2, 0.25) is 0 Å². The fraction of sp³-hybridized carbons (Fsp3) is 0.636. The van der Waals surface area contributed by atoms with Gasteiger partial charge in [0.05, 0.1) is 18.2 Å². The summed E-state index contributed by atoms with van der Waals surface area (Å²) in [5, 5.41) is 3.44. The van der Waals surface area contributed by atoms with E-state index in [9.17, 15) is 0 Å². The van der Waals surface area contributed by atoms with Gasteiger partial charge in [-0.2, -0.15) is 0 Å². The van der Waals surface area contributed by atoms with E-state index in [1.165, 1.54) is 12.7 Å². The Balaban J connectivity index is 1.77. The Hall–Kier alpha value is -1.40. The molecule has 0 aromatic carbocycles. The first-order chi connectivity index (χ1) is 8.28. The van der Waals surface area contributed by atoms with Gasteiger partial charge in [0.15, 0.2) is 0 Å². The summed E-state index contributed by atoms with van der Waals surface area (Å²) in [6, 6.07) is 0.368. The highest BCUT2D eigenvalue weighted by Crippen LogP contribution is 2.36. The minimum Gasteiger partial charge on any atom is -0.373 e. The molecule has 2 bridgehead atoms. The number of hydrogen-bond donors (Lipinski definition) is 3. The van der Waals surface area contributed by atoms with E-state index in [2.05, 4.69) is 20.7 Å². The maximum absolute atomic E-state index is 5.81. The van der Waals surface area contributed by atoms with Gasteiger partial charge in [0.1, 0.15) is 18.0 Å². The third-order valence-corrected chi connectivity index (χ3v) is 3.65. The second-order valence-electron chi connectivity index (χ2n) is 4.70. The van der Waals surface area contributed by atoms with Crippen LogP contribution in [0.1, 0.15) is 24.8 Å². The Morgan fingerprint density at radius 3 is 2.82 bits per heavy atom. The highest BCUT2D eigenvalue weighted by molar-refractivity contribution is 5.56. The Bertz CT molecular complexity index is 424. The molecule has 0 saturated carbocycles. The summed E-state index contributed by atoms with van der Waals surface area (Å²) in [5.74, 6) is 6.90. The van der Waals surface area contributed by atoms with Crippen LogP contribution in [0.15, 0.2) is 6.33 Å². The molecule has 1 aromatic heterocycles. The zero-order valence-corrected chi connectivity index (χ0v) is 9.81. The number of hydrogen-bond acceptors (Lipinski definition) is 6. The molecule has 6 heteroatoms. The summed E-state index contributed by atoms with van der Waals surface area (Å²) in [7, 11) is 0. The van der Waals surface area contributed by atoms with Crippen LogP contribution < -0.4 is 16.6 Å². The lowest BCUT2D eigenvalue weighted by Gasteiger charge is -2.21. The van der Waals surface area contributed by atoms with Gasteiger partial charge in [-0.3, -0.25) is 0 Å². The Labute approximate surface area is 99.9 Å². The Morgan fingerprint density at radius 1 is 1.35 bits per heavy atom. The van der Waals surface area contributed by atoms with E-state index in [0.29, 0.717) is 24.1 Å². The van der Waals surface area contributed by atoms with Crippen LogP contribution in [0.25, 0.3) is 0 Å². The van der Waals surface area contributed by atoms with Crippen molar-refractivity contribution in [2.75, 3.05) is 10.7 Å². The van der Waals surface area contributed by atoms with E-state index in [4.69, 9.17) is 10.6 Å². The topological polar surface area (TPSA) is 85.1 Å². The number of fused-ring (bicyclic) bond motifs is 2. The van der Waals surface area contributed by atoms with Crippen LogP contribution in [0.3, 0.4) is 0 Å². The van der Waals surface area contributed by atoms with E-state index >= 15 is 0 Å². The monoisotopic (exact) mass is 235 g/mol. The van der Waals surface area contributed by atoms with Gasteiger partial charge in [-0.25, -0.2) is 15.8 Å². The van der Waals surface area contributed by atoms with Crippen LogP contribution in [0, 0.1) is 6.92 Å². The van der Waals surface area contributed by atoms with Crippen molar-refractivity contribution < 1.29 is 4.74 Å². The summed E-state index contributed by atoms with van der Waals surface area (Å²) in [5.41, 5.74) is 3.51. The standard InChI is InChI=1S/C11H17N5O/c1-6-10(13-5-14-11(6)16-12)15-8-4-7-2-3-9(8)17-7/h5,7-9H,2-4,12H2,1H3,(H2,13,14,15,16). The van der Waals surface area contributed by atoms with Gasteiger partial charge >= 0.3 is 0 Å². The average Bonchev–Trinajstić information content (AvgIpc) is 2.94. The first kappa shape index (κ1) is 10.7. The molecule has 0 amide bonds. The SMILES string of the molecule is Cc1c(NN)ncnc1NC1CC2CCC1O2. The number of anilines is 2. The highest BCUT2D eigenvalue weighted by atomic mass is 16.5. The zero-order chi connectivity index (χ0) is 11.8. The van der Waals surface area contributed by atoms with Crippen molar-refractivity contribution in [2.45, 2.75) is 44.4 Å². The number of aromatic nitrogens is 2. The van der Waals surface area contributed by atoms with Crippen molar-refractivity contribution >= 4 is 11.6 Å². The number of nitrogens with zero attached hydrogens (tertiary/aromatic N) is 2. The predicted molar refractivity (Wildman–Crippen MR) is 64.5 cm³/mol. The molecule has 2 aliphatic heterocycles. The van der Waals surface area contributed by atoms with Crippen LogP contribution in [0.5, 0.6) is 0 Å². The smallest absolute Gasteiger partial charge is 0.148 e. The van der Waals surface area contributed by atoms with E-state index in [-0.39, 0.29) is 0 Å². The molecule has 3 rings (SSSR count). The van der Waals surface area contributed by atoms with Gasteiger partial charge in [0, 0.05) is 5.56 Å². The van der Waals surface area contributed by atoms with Gasteiger partial charge in [0.25, 0.3) is 0 Å². The normalized spacial score (nSPS) is 30.6. The number of hydrazine groups is 1. The van der Waals surface area contributed by atoms with Crippen molar-refractivity contribution in [1.82, 2.24) is 9.97 Å². The molecule has 3 unspecified atom stereocenters. The molecule has 3 atom stereocenters. The Morgan fingerprint density at radius 2 is 2.18 bits per heavy atom. The molecule has 2 fully saturated rings. The molecule has 92 valence electrons. The first-order valence-electron chi connectivity index (χ1n) is 5.98. The van der Waals surface area contributed by atoms with Gasteiger partial charge in [0.2, 0.25) is 0 Å². The highest BCUT2D eigenvalue weighted by Gasteiger charge is 2.40. The van der Waals surface area contributed by atoms with Gasteiger partial charge in [-0.1, -0.05) is 0 Å². The molecule has 4 N–H and O–H groups in total. The molecule has 2 aliphatic rings. The lowest BCUT2D eigenvalue weighted by molar-refractivity contribution is 0.102. The second-order valence-corrected chi connectivity index (χ2v) is 4.70. The molecule has 1 aromatic rings. The quantitative estimate of drug-likeness (QED) is 0.531. The minimum absolute atomic E-state index is 0.337. The van der Waals surface area contributed by atoms with Crippen LogP contribution >= 0.6 is 0 Å².